The molecule has 5 heteroatoms. The quantitative estimate of drug-likeness (QED) is 0.810. The minimum Gasteiger partial charge on any atom is -0.342 e. The molecule has 2 heterocycles. The molecule has 1 aliphatic rings. The molecule has 0 aliphatic carbocycles. The van der Waals surface area contributed by atoms with E-state index in [1.807, 2.05) is 36.5 Å². The second-order valence-corrected chi connectivity index (χ2v) is 6.25. The first-order valence-electron chi connectivity index (χ1n) is 7.47. The van der Waals surface area contributed by atoms with E-state index in [9.17, 15) is 0 Å². The van der Waals surface area contributed by atoms with Gasteiger partial charge in [-0.1, -0.05) is 23.7 Å². The average Bonchev–Trinajstić information content (AvgIpc) is 2.56. The molecule has 2 aromatic rings. The Kier molecular flexibility index (Phi) is 4.90. The second-order valence-electron chi connectivity index (χ2n) is 5.43. The number of rotatable bonds is 2. The van der Waals surface area contributed by atoms with Gasteiger partial charge in [0.1, 0.15) is 0 Å². The van der Waals surface area contributed by atoms with Crippen molar-refractivity contribution in [2.45, 2.75) is 25.3 Å². The Labute approximate surface area is 141 Å². The van der Waals surface area contributed by atoms with Gasteiger partial charge < -0.3 is 10.2 Å². The minimum atomic E-state index is 0.293. The van der Waals surface area contributed by atoms with E-state index in [-0.39, 0.29) is 0 Å². The van der Waals surface area contributed by atoms with E-state index >= 15 is 0 Å². The third-order valence-electron chi connectivity index (χ3n) is 3.91. The molecule has 1 aliphatic heterocycles. The summed E-state index contributed by atoms with van der Waals surface area (Å²) in [5, 5.41) is 4.75. The molecule has 114 valence electrons. The van der Waals surface area contributed by atoms with Crippen LogP contribution in [-0.2, 0) is 0 Å². The highest BCUT2D eigenvalue weighted by atomic mass is 35.5. The van der Waals surface area contributed by atoms with Crippen molar-refractivity contribution in [3.8, 4) is 0 Å². The van der Waals surface area contributed by atoms with Crippen molar-refractivity contribution in [2.75, 3.05) is 11.9 Å². The lowest BCUT2D eigenvalue weighted by atomic mass is 9.97. The van der Waals surface area contributed by atoms with Gasteiger partial charge in [-0.3, -0.25) is 4.98 Å². The normalized spacial score (nSPS) is 18.0. The number of nitrogens with zero attached hydrogens (tertiary/aromatic N) is 2. The summed E-state index contributed by atoms with van der Waals surface area (Å²) < 4.78 is 0. The van der Waals surface area contributed by atoms with Crippen LogP contribution >= 0.6 is 23.8 Å². The van der Waals surface area contributed by atoms with Crippen molar-refractivity contribution in [1.82, 2.24) is 9.88 Å². The molecule has 1 aromatic carbocycles. The van der Waals surface area contributed by atoms with Crippen molar-refractivity contribution in [3.05, 3.63) is 59.4 Å². The molecule has 0 bridgehead atoms. The molecule has 0 amide bonds. The van der Waals surface area contributed by atoms with Gasteiger partial charge in [-0.05, 0) is 61.3 Å². The Bertz CT molecular complexity index is 647. The number of benzene rings is 1. The van der Waals surface area contributed by atoms with E-state index in [4.69, 9.17) is 23.8 Å². The molecular formula is C17H18ClN3S. The van der Waals surface area contributed by atoms with E-state index in [2.05, 4.69) is 21.3 Å². The highest BCUT2D eigenvalue weighted by Crippen LogP contribution is 2.31. The Hall–Kier alpha value is -1.65. The molecule has 3 nitrogen and oxygen atoms in total. The number of pyridine rings is 1. The van der Waals surface area contributed by atoms with Gasteiger partial charge in [-0.15, -0.1) is 0 Å². The monoisotopic (exact) mass is 331 g/mol. The van der Waals surface area contributed by atoms with Crippen molar-refractivity contribution < 1.29 is 0 Å². The Balaban J connectivity index is 1.77. The lowest BCUT2D eigenvalue weighted by molar-refractivity contribution is 0.248. The zero-order valence-corrected chi connectivity index (χ0v) is 13.8. The summed E-state index contributed by atoms with van der Waals surface area (Å²) in [5.74, 6) is 0. The lowest BCUT2D eigenvalue weighted by Crippen LogP contribution is -2.41. The molecule has 3 rings (SSSR count). The SMILES string of the molecule is S=C(Nc1cccc(Cl)c1)N1CCCC[C@@H]1c1cccnc1. The summed E-state index contributed by atoms with van der Waals surface area (Å²) in [6.07, 6.45) is 7.22. The maximum absolute atomic E-state index is 6.03. The van der Waals surface area contributed by atoms with Crippen LogP contribution in [0.4, 0.5) is 5.69 Å². The molecule has 0 radical (unpaired) electrons. The standard InChI is InChI=1S/C17H18ClN3S/c18-14-6-3-7-15(11-14)20-17(22)21-10-2-1-8-16(21)13-5-4-9-19-12-13/h3-7,9,11-12,16H,1-2,8,10H2,(H,20,22)/t16-/m1/s1. The third kappa shape index (κ3) is 3.57. The summed E-state index contributed by atoms with van der Waals surface area (Å²) in [7, 11) is 0. The highest BCUT2D eigenvalue weighted by molar-refractivity contribution is 7.80. The van der Waals surface area contributed by atoms with Crippen LogP contribution in [0.5, 0.6) is 0 Å². The van der Waals surface area contributed by atoms with Crippen LogP contribution < -0.4 is 5.32 Å². The summed E-state index contributed by atoms with van der Waals surface area (Å²) in [4.78, 5) is 6.50. The molecule has 1 N–H and O–H groups in total. The van der Waals surface area contributed by atoms with E-state index in [1.54, 1.807) is 6.20 Å². The lowest BCUT2D eigenvalue weighted by Gasteiger charge is -2.37. The van der Waals surface area contributed by atoms with Gasteiger partial charge in [-0.2, -0.15) is 0 Å². The highest BCUT2D eigenvalue weighted by Gasteiger charge is 2.26. The smallest absolute Gasteiger partial charge is 0.173 e. The topological polar surface area (TPSA) is 28.2 Å². The predicted octanol–water partition coefficient (Wildman–Crippen LogP) is 4.66. The fourth-order valence-corrected chi connectivity index (χ4v) is 3.38. The van der Waals surface area contributed by atoms with E-state index in [0.717, 1.165) is 30.2 Å². The van der Waals surface area contributed by atoms with E-state index in [0.29, 0.717) is 11.1 Å². The minimum absolute atomic E-state index is 0.293. The summed E-state index contributed by atoms with van der Waals surface area (Å²) in [5.41, 5.74) is 2.14. The number of halogens is 1. The molecular weight excluding hydrogens is 314 g/mol. The zero-order chi connectivity index (χ0) is 15.4. The molecule has 1 saturated heterocycles. The van der Waals surface area contributed by atoms with Gasteiger partial charge in [0.2, 0.25) is 0 Å². The van der Waals surface area contributed by atoms with Gasteiger partial charge in [0.15, 0.2) is 5.11 Å². The largest absolute Gasteiger partial charge is 0.342 e. The van der Waals surface area contributed by atoms with Gasteiger partial charge in [-0.25, -0.2) is 0 Å². The van der Waals surface area contributed by atoms with Gasteiger partial charge in [0.25, 0.3) is 0 Å². The summed E-state index contributed by atoms with van der Waals surface area (Å²) in [6.45, 7) is 0.964. The third-order valence-corrected chi connectivity index (χ3v) is 4.48. The van der Waals surface area contributed by atoms with Crippen LogP contribution in [0.3, 0.4) is 0 Å². The fourth-order valence-electron chi connectivity index (χ4n) is 2.86. The van der Waals surface area contributed by atoms with Gasteiger partial charge >= 0.3 is 0 Å². The zero-order valence-electron chi connectivity index (χ0n) is 12.2. The van der Waals surface area contributed by atoms with Crippen LogP contribution in [0.2, 0.25) is 5.02 Å². The number of hydrogen-bond acceptors (Lipinski definition) is 2. The maximum atomic E-state index is 6.03. The number of likely N-dealkylation sites (tertiary alicyclic amines) is 1. The van der Waals surface area contributed by atoms with Crippen molar-refractivity contribution >= 4 is 34.6 Å². The van der Waals surface area contributed by atoms with Crippen molar-refractivity contribution in [3.63, 3.8) is 0 Å². The molecule has 22 heavy (non-hydrogen) atoms. The Morgan fingerprint density at radius 1 is 1.27 bits per heavy atom. The summed E-state index contributed by atoms with van der Waals surface area (Å²) in [6, 6.07) is 12.0. The predicted molar refractivity (Wildman–Crippen MR) is 95.2 cm³/mol. The number of aromatic nitrogens is 1. The van der Waals surface area contributed by atoms with Gasteiger partial charge in [0, 0.05) is 29.6 Å². The van der Waals surface area contributed by atoms with Crippen LogP contribution in [0.15, 0.2) is 48.8 Å². The molecule has 1 atom stereocenters. The van der Waals surface area contributed by atoms with Crippen LogP contribution in [-0.4, -0.2) is 21.5 Å². The maximum Gasteiger partial charge on any atom is 0.173 e. The molecule has 1 aromatic heterocycles. The van der Waals surface area contributed by atoms with Crippen LogP contribution in [0.25, 0.3) is 0 Å². The second kappa shape index (κ2) is 7.07. The molecule has 0 spiro atoms. The fraction of sp³-hybridized carbons (Fsp3) is 0.294. The van der Waals surface area contributed by atoms with Crippen molar-refractivity contribution in [2.24, 2.45) is 0 Å². The van der Waals surface area contributed by atoms with Crippen LogP contribution in [0.1, 0.15) is 30.9 Å². The number of thiocarbonyl (C=S) groups is 1. The number of nitrogens with one attached hydrogen (secondary N) is 1. The molecule has 0 unspecified atom stereocenters. The number of piperidine rings is 1. The first-order valence-corrected chi connectivity index (χ1v) is 8.26. The number of hydrogen-bond donors (Lipinski definition) is 1. The van der Waals surface area contributed by atoms with Crippen LogP contribution in [0, 0.1) is 0 Å². The molecule has 1 fully saturated rings. The van der Waals surface area contributed by atoms with E-state index in [1.165, 1.54) is 12.0 Å². The van der Waals surface area contributed by atoms with Gasteiger partial charge in [0.05, 0.1) is 6.04 Å². The van der Waals surface area contributed by atoms with Crippen molar-refractivity contribution in [1.29, 1.82) is 0 Å². The first-order chi connectivity index (χ1) is 10.7. The Morgan fingerprint density at radius 3 is 2.95 bits per heavy atom. The molecule has 0 saturated carbocycles. The first kappa shape index (κ1) is 15.3. The average molecular weight is 332 g/mol. The Morgan fingerprint density at radius 2 is 2.18 bits per heavy atom. The van der Waals surface area contributed by atoms with E-state index < -0.39 is 0 Å². The summed E-state index contributed by atoms with van der Waals surface area (Å²) >= 11 is 11.7. The number of anilines is 1.